The van der Waals surface area contributed by atoms with Crippen LogP contribution in [0.15, 0.2) is 0 Å². The molecule has 48 valence electrons. The first-order valence-electron chi connectivity index (χ1n) is 2.23. The van der Waals surface area contributed by atoms with Crippen molar-refractivity contribution in [2.24, 2.45) is 0 Å². The summed E-state index contributed by atoms with van der Waals surface area (Å²) in [7, 11) is 3.42. The summed E-state index contributed by atoms with van der Waals surface area (Å²) in [6.07, 6.45) is 0. The normalized spacial score (nSPS) is 8.78. The van der Waals surface area contributed by atoms with Gasteiger partial charge in [0.2, 0.25) is 0 Å². The van der Waals surface area contributed by atoms with Gasteiger partial charge in [0.25, 0.3) is 0 Å². The average molecular weight is 140 g/mol. The number of hydrogen-bond acceptors (Lipinski definition) is 4. The molecule has 0 aliphatic carbocycles. The summed E-state index contributed by atoms with van der Waals surface area (Å²) < 4.78 is 0. The number of aliphatic carboxylic acids is 1. The summed E-state index contributed by atoms with van der Waals surface area (Å²) in [4.78, 5) is 9.70. The van der Waals surface area contributed by atoms with Gasteiger partial charge in [0.05, 0.1) is 5.97 Å². The monoisotopic (exact) mass is 140 g/mol. The first-order valence-corrected chi connectivity index (χ1v) is 2.23. The summed E-state index contributed by atoms with van der Waals surface area (Å²) in [6, 6.07) is 0. The molecule has 5 heteroatoms. The van der Waals surface area contributed by atoms with Gasteiger partial charge < -0.3 is 9.90 Å². The molecule has 9 heavy (non-hydrogen) atoms. The summed E-state index contributed by atoms with van der Waals surface area (Å²) in [6.45, 7) is -0.132. The van der Waals surface area contributed by atoms with Gasteiger partial charge in [0.15, 0.2) is 0 Å². The van der Waals surface area contributed by atoms with Crippen LogP contribution in [0.25, 0.3) is 0 Å². The second-order valence-electron chi connectivity index (χ2n) is 1.60. The number of rotatable bonds is 3. The van der Waals surface area contributed by atoms with Gasteiger partial charge >= 0.3 is 29.6 Å². The Bertz CT molecular complexity index is 86.6. The van der Waals surface area contributed by atoms with E-state index in [0.717, 1.165) is 0 Å². The zero-order valence-corrected chi connectivity index (χ0v) is 7.97. The van der Waals surface area contributed by atoms with Crippen molar-refractivity contribution in [2.75, 3.05) is 20.6 Å². The van der Waals surface area contributed by atoms with Crippen molar-refractivity contribution in [2.45, 2.75) is 0 Å². The van der Waals surface area contributed by atoms with E-state index in [2.05, 4.69) is 5.43 Å². The van der Waals surface area contributed by atoms with E-state index in [9.17, 15) is 9.90 Å². The van der Waals surface area contributed by atoms with Gasteiger partial charge in [-0.3, -0.25) is 10.4 Å². The number of nitrogens with zero attached hydrogens (tertiary/aromatic N) is 1. The van der Waals surface area contributed by atoms with E-state index in [1.165, 1.54) is 0 Å². The number of carbonyl (C=O) groups excluding carboxylic acids is 1. The Balaban J connectivity index is 0. The van der Waals surface area contributed by atoms with Gasteiger partial charge in [-0.25, -0.2) is 0 Å². The maximum absolute atomic E-state index is 9.70. The summed E-state index contributed by atoms with van der Waals surface area (Å²) >= 11 is 0. The van der Waals surface area contributed by atoms with Crippen molar-refractivity contribution in [1.82, 2.24) is 10.4 Å². The standard InChI is InChI=1S/C4H10N2O2.Na/c1-6(2)5-3-4(7)8;/h5H,3H2,1-2H3,(H,7,8);/q;+1/p-1. The summed E-state index contributed by atoms with van der Waals surface area (Å²) in [5, 5.41) is 11.3. The number of nitrogens with one attached hydrogen (secondary N) is 1. The van der Waals surface area contributed by atoms with Crippen molar-refractivity contribution < 1.29 is 39.5 Å². The third kappa shape index (κ3) is 11.8. The molecule has 0 atom stereocenters. The topological polar surface area (TPSA) is 55.4 Å². The van der Waals surface area contributed by atoms with Crippen molar-refractivity contribution in [3.63, 3.8) is 0 Å². The minimum absolute atomic E-state index is 0. The van der Waals surface area contributed by atoms with Crippen molar-refractivity contribution in [3.8, 4) is 0 Å². The van der Waals surface area contributed by atoms with Crippen molar-refractivity contribution in [3.05, 3.63) is 0 Å². The maximum Gasteiger partial charge on any atom is 1.00 e. The van der Waals surface area contributed by atoms with Crippen LogP contribution in [-0.4, -0.2) is 31.6 Å². The first-order chi connectivity index (χ1) is 3.63. The molecule has 0 rings (SSSR count). The third-order valence-corrected chi connectivity index (χ3v) is 0.540. The van der Waals surface area contributed by atoms with E-state index < -0.39 is 5.97 Å². The van der Waals surface area contributed by atoms with E-state index in [0.29, 0.717) is 0 Å². The van der Waals surface area contributed by atoms with Crippen LogP contribution in [-0.2, 0) is 4.79 Å². The molecule has 0 fully saturated rings. The maximum atomic E-state index is 9.70. The van der Waals surface area contributed by atoms with Gasteiger partial charge in [-0.2, -0.15) is 0 Å². The van der Waals surface area contributed by atoms with Crippen molar-refractivity contribution >= 4 is 5.97 Å². The van der Waals surface area contributed by atoms with E-state index in [1.807, 2.05) is 0 Å². The van der Waals surface area contributed by atoms with Gasteiger partial charge in [0.1, 0.15) is 0 Å². The van der Waals surface area contributed by atoms with Crippen molar-refractivity contribution in [1.29, 1.82) is 0 Å². The molecule has 0 spiro atoms. The number of carboxylic acids is 1. The molecule has 0 bridgehead atoms. The average Bonchev–Trinajstić information content (AvgIpc) is 1.61. The number of hydrazine groups is 1. The first kappa shape index (κ1) is 12.1. The third-order valence-electron chi connectivity index (χ3n) is 0.540. The van der Waals surface area contributed by atoms with E-state index in [-0.39, 0.29) is 36.1 Å². The minimum Gasteiger partial charge on any atom is -0.549 e. The SMILES string of the molecule is CN(C)NCC(=O)[O-].[Na+]. The molecule has 0 aliphatic rings. The molecule has 0 unspecified atom stereocenters. The molecular formula is C4H9N2NaO2. The molecular weight excluding hydrogens is 131 g/mol. The van der Waals surface area contributed by atoms with Gasteiger partial charge in [-0.05, 0) is 0 Å². The fourth-order valence-electron chi connectivity index (χ4n) is 0.223. The quantitative estimate of drug-likeness (QED) is 0.314. The summed E-state index contributed by atoms with van der Waals surface area (Å²) in [5.41, 5.74) is 2.52. The Hall–Kier alpha value is 0.390. The predicted octanol–water partition coefficient (Wildman–Crippen LogP) is -5.19. The molecule has 1 N–H and O–H groups in total. The second-order valence-corrected chi connectivity index (χ2v) is 1.60. The van der Waals surface area contributed by atoms with Gasteiger partial charge in [-0.1, -0.05) is 0 Å². The molecule has 0 radical (unpaired) electrons. The Kier molecular flexibility index (Phi) is 8.75. The zero-order valence-electron chi connectivity index (χ0n) is 5.97. The Morgan fingerprint density at radius 1 is 1.67 bits per heavy atom. The number of carbonyl (C=O) groups is 1. The van der Waals surface area contributed by atoms with Gasteiger partial charge in [0, 0.05) is 20.6 Å². The van der Waals surface area contributed by atoms with Gasteiger partial charge in [-0.15, -0.1) is 0 Å². The summed E-state index contributed by atoms with van der Waals surface area (Å²) in [5.74, 6) is -1.10. The minimum atomic E-state index is -1.10. The van der Waals surface area contributed by atoms with Crippen LogP contribution in [0.4, 0.5) is 0 Å². The Morgan fingerprint density at radius 3 is 2.22 bits per heavy atom. The molecule has 0 heterocycles. The molecule has 0 saturated heterocycles. The molecule has 0 aromatic rings. The smallest absolute Gasteiger partial charge is 0.549 e. The van der Waals surface area contributed by atoms with E-state index >= 15 is 0 Å². The molecule has 4 nitrogen and oxygen atoms in total. The van der Waals surface area contributed by atoms with Crippen LogP contribution in [0, 0.1) is 0 Å². The largest absolute Gasteiger partial charge is 1.00 e. The molecule has 0 amide bonds. The molecule has 0 aromatic heterocycles. The van der Waals surface area contributed by atoms with Crippen LogP contribution in [0.5, 0.6) is 0 Å². The van der Waals surface area contributed by atoms with Crippen LogP contribution in [0.1, 0.15) is 0 Å². The zero-order chi connectivity index (χ0) is 6.57. The Morgan fingerprint density at radius 2 is 2.11 bits per heavy atom. The van der Waals surface area contributed by atoms with Crippen LogP contribution < -0.4 is 40.1 Å². The molecule has 0 aliphatic heterocycles. The second kappa shape index (κ2) is 6.51. The van der Waals surface area contributed by atoms with Crippen LogP contribution >= 0.6 is 0 Å². The van der Waals surface area contributed by atoms with Crippen LogP contribution in [0.2, 0.25) is 0 Å². The molecule has 0 saturated carbocycles. The number of carboxylic acid groups (broad SMARTS) is 1. The van der Waals surface area contributed by atoms with E-state index in [4.69, 9.17) is 0 Å². The van der Waals surface area contributed by atoms with Crippen LogP contribution in [0.3, 0.4) is 0 Å². The number of hydrogen-bond donors (Lipinski definition) is 1. The van der Waals surface area contributed by atoms with E-state index in [1.54, 1.807) is 19.1 Å². The fourth-order valence-corrected chi connectivity index (χ4v) is 0.223. The fraction of sp³-hybridized carbons (Fsp3) is 0.750. The molecule has 0 aromatic carbocycles. The predicted molar refractivity (Wildman–Crippen MR) is 26.7 cm³/mol. The Labute approximate surface area is 76.5 Å².